The zero-order chi connectivity index (χ0) is 27.0. The van der Waals surface area contributed by atoms with Crippen molar-refractivity contribution in [1.82, 2.24) is 0 Å². The van der Waals surface area contributed by atoms with Gasteiger partial charge in [-0.25, -0.2) is 19.1 Å². The van der Waals surface area contributed by atoms with E-state index in [0.717, 1.165) is 19.4 Å². The summed E-state index contributed by atoms with van der Waals surface area (Å²) in [4.78, 5) is 6.06. The highest BCUT2D eigenvalue weighted by Gasteiger charge is 2.13. The average molecular weight is 517 g/mol. The molecule has 6 nitrogen and oxygen atoms in total. The van der Waals surface area contributed by atoms with Crippen molar-refractivity contribution in [3.8, 4) is 0 Å². The minimum Gasteiger partial charge on any atom is -0.393 e. The molecular formula is C32H44N4O2+4. The Bertz CT molecular complexity index is 1150. The van der Waals surface area contributed by atoms with E-state index < -0.39 is 12.2 Å². The number of hydrogen-bond acceptors (Lipinski definition) is 2. The molecule has 0 spiro atoms. The third-order valence-corrected chi connectivity index (χ3v) is 6.37. The van der Waals surface area contributed by atoms with E-state index >= 15 is 0 Å². The summed E-state index contributed by atoms with van der Waals surface area (Å²) < 4.78 is 4.22. The fourth-order valence-corrected chi connectivity index (χ4v) is 4.29. The monoisotopic (exact) mass is 516 g/mol. The first-order chi connectivity index (χ1) is 18.5. The highest BCUT2D eigenvalue weighted by molar-refractivity contribution is 5.21. The molecule has 2 unspecified atom stereocenters. The van der Waals surface area contributed by atoms with E-state index in [1.54, 1.807) is 6.92 Å². The van der Waals surface area contributed by atoms with Crippen LogP contribution in [0.2, 0.25) is 0 Å². The second-order valence-corrected chi connectivity index (χ2v) is 9.96. The van der Waals surface area contributed by atoms with Gasteiger partial charge in [0.05, 0.1) is 6.10 Å². The van der Waals surface area contributed by atoms with Crippen molar-refractivity contribution in [2.24, 2.45) is 0 Å². The molecule has 0 saturated carbocycles. The van der Waals surface area contributed by atoms with Gasteiger partial charge in [0.15, 0.2) is 56.1 Å². The molecule has 0 fully saturated rings. The lowest BCUT2D eigenvalue weighted by Crippen LogP contribution is -2.40. The van der Waals surface area contributed by atoms with Crippen molar-refractivity contribution in [3.63, 3.8) is 0 Å². The lowest BCUT2D eigenvalue weighted by atomic mass is 10.1. The van der Waals surface area contributed by atoms with Gasteiger partial charge < -0.3 is 10.2 Å². The van der Waals surface area contributed by atoms with Gasteiger partial charge in [0.2, 0.25) is 0 Å². The Morgan fingerprint density at radius 3 is 1.55 bits per heavy atom. The molecule has 4 heterocycles. The van der Waals surface area contributed by atoms with Crippen molar-refractivity contribution in [1.29, 1.82) is 0 Å². The maximum Gasteiger partial charge on any atom is 0.174 e. The van der Waals surface area contributed by atoms with E-state index in [0.29, 0.717) is 13.0 Å². The second-order valence-electron chi connectivity index (χ2n) is 9.96. The van der Waals surface area contributed by atoms with Gasteiger partial charge in [-0.1, -0.05) is 13.3 Å². The minimum absolute atomic E-state index is 0.398. The van der Waals surface area contributed by atoms with Crippen molar-refractivity contribution < 1.29 is 29.3 Å². The van der Waals surface area contributed by atoms with Crippen LogP contribution < -0.4 is 19.1 Å². The van der Waals surface area contributed by atoms with E-state index in [9.17, 15) is 10.2 Å². The van der Waals surface area contributed by atoms with E-state index in [4.69, 9.17) is 0 Å². The Morgan fingerprint density at radius 1 is 0.658 bits per heavy atom. The lowest BCUT2D eigenvalue weighted by Gasteiger charge is -2.09. The van der Waals surface area contributed by atoms with Crippen LogP contribution in [0.3, 0.4) is 0 Å². The third kappa shape index (κ3) is 11.3. The molecule has 6 heteroatoms. The van der Waals surface area contributed by atoms with Crippen molar-refractivity contribution in [2.75, 3.05) is 0 Å². The van der Waals surface area contributed by atoms with Crippen molar-refractivity contribution in [2.45, 2.75) is 77.7 Å². The third-order valence-electron chi connectivity index (χ3n) is 6.37. The normalized spacial score (nSPS) is 12.3. The molecule has 4 aromatic heterocycles. The van der Waals surface area contributed by atoms with Gasteiger partial charge in [-0.3, -0.25) is 0 Å². The van der Waals surface area contributed by atoms with Crippen LogP contribution in [0.1, 0.15) is 61.8 Å². The predicted octanol–water partition coefficient (Wildman–Crippen LogP) is 3.08. The van der Waals surface area contributed by atoms with E-state index in [1.165, 1.54) is 41.5 Å². The van der Waals surface area contributed by atoms with Crippen molar-refractivity contribution in [3.05, 3.63) is 120 Å². The Hall–Kier alpha value is -3.48. The Labute approximate surface area is 227 Å². The minimum atomic E-state index is -0.518. The summed E-state index contributed by atoms with van der Waals surface area (Å²) in [7, 11) is 0. The summed E-state index contributed by atoms with van der Waals surface area (Å²) in [6.45, 7) is 5.57. The molecule has 0 amide bonds. The van der Waals surface area contributed by atoms with Crippen LogP contribution in [-0.2, 0) is 25.9 Å². The molecule has 0 bridgehead atoms. The van der Waals surface area contributed by atoms with Crippen LogP contribution in [0.4, 0.5) is 0 Å². The molecule has 0 aliphatic carbocycles. The molecule has 4 rings (SSSR count). The number of aliphatic hydroxyl groups is 2. The Balaban J connectivity index is 0.000000212. The lowest BCUT2D eigenvalue weighted by molar-refractivity contribution is -0.703. The number of aromatic nitrogens is 4. The number of pyridine rings is 4. The Kier molecular flexibility index (Phi) is 12.5. The predicted molar refractivity (Wildman–Crippen MR) is 147 cm³/mol. The highest BCUT2D eigenvalue weighted by Crippen LogP contribution is 2.07. The number of aryl methyl sites for hydroxylation is 1. The molecule has 0 aliphatic rings. The van der Waals surface area contributed by atoms with E-state index in [2.05, 4.69) is 82.4 Å². The van der Waals surface area contributed by atoms with Gasteiger partial charge >= 0.3 is 0 Å². The first-order valence-electron chi connectivity index (χ1n) is 13.7. The number of rotatable bonds is 12. The molecule has 4 N–H and O–H groups in total. The standard InChI is InChI=1S/C16H21N2O2.C16H21N2/c1-13(19)10-16(20)12-18-8-4-15(5-9-18)11-14-2-6-17-7-3-14;1-2-3-4-11-18-12-7-16(8-13-18)14-15-5-9-17-10-6-15/h2-9,13,16,19-20H,10-12H2,1H3;5-10,12-13H,2-4,11,14H2,1H3/q2*+1/p+2. The fourth-order valence-electron chi connectivity index (χ4n) is 4.29. The van der Waals surface area contributed by atoms with Gasteiger partial charge in [-0.15, -0.1) is 0 Å². The highest BCUT2D eigenvalue weighted by atomic mass is 16.3. The van der Waals surface area contributed by atoms with Gasteiger partial charge in [-0.2, -0.15) is 0 Å². The zero-order valence-electron chi connectivity index (χ0n) is 22.8. The number of aliphatic hydroxyl groups excluding tert-OH is 2. The number of unbranched alkanes of at least 4 members (excludes halogenated alkanes) is 2. The van der Waals surface area contributed by atoms with Gasteiger partial charge in [0.1, 0.15) is 12.6 Å². The average Bonchev–Trinajstić information content (AvgIpc) is 2.92. The fraction of sp³-hybridized carbons (Fsp3) is 0.375. The smallest absolute Gasteiger partial charge is 0.174 e. The van der Waals surface area contributed by atoms with Gasteiger partial charge in [0.25, 0.3) is 0 Å². The van der Waals surface area contributed by atoms with Crippen LogP contribution >= 0.6 is 0 Å². The van der Waals surface area contributed by atoms with Crippen LogP contribution in [0.25, 0.3) is 0 Å². The van der Waals surface area contributed by atoms with Crippen LogP contribution in [0.15, 0.2) is 98.1 Å². The summed E-state index contributed by atoms with van der Waals surface area (Å²) in [6, 6.07) is 17.0. The van der Waals surface area contributed by atoms with Crippen LogP contribution in [-0.4, -0.2) is 22.4 Å². The number of aromatic amines is 2. The molecule has 0 aromatic carbocycles. The molecule has 200 valence electrons. The Morgan fingerprint density at radius 2 is 1.11 bits per heavy atom. The molecule has 0 aliphatic heterocycles. The van der Waals surface area contributed by atoms with Crippen LogP contribution in [0.5, 0.6) is 0 Å². The molecule has 0 radical (unpaired) electrons. The molecule has 4 aromatic rings. The maximum absolute atomic E-state index is 9.79. The summed E-state index contributed by atoms with van der Waals surface area (Å²) >= 11 is 0. The second kappa shape index (κ2) is 16.4. The van der Waals surface area contributed by atoms with Gasteiger partial charge in [0, 0.05) is 61.4 Å². The molecular weight excluding hydrogens is 472 g/mol. The largest absolute Gasteiger partial charge is 0.393 e. The number of hydrogen-bond donors (Lipinski definition) is 2. The molecule has 38 heavy (non-hydrogen) atoms. The van der Waals surface area contributed by atoms with Gasteiger partial charge in [-0.05, 0) is 48.4 Å². The molecule has 0 saturated heterocycles. The SMILES string of the molecule is CC(O)CC(O)C[n+]1ccc(Cc2cc[nH+]cc2)cc1.CCCCC[n+]1ccc(Cc2cc[nH+]cc2)cc1. The summed E-state index contributed by atoms with van der Waals surface area (Å²) in [5.74, 6) is 0. The summed E-state index contributed by atoms with van der Waals surface area (Å²) in [5.41, 5.74) is 5.21. The first kappa shape index (κ1) is 29.1. The maximum atomic E-state index is 9.79. The van der Waals surface area contributed by atoms with Crippen LogP contribution in [0, 0.1) is 0 Å². The van der Waals surface area contributed by atoms with Crippen molar-refractivity contribution >= 4 is 0 Å². The summed E-state index contributed by atoms with van der Waals surface area (Å²) in [6.07, 6.45) is 21.3. The zero-order valence-corrected chi connectivity index (χ0v) is 22.8. The first-order valence-corrected chi connectivity index (χ1v) is 13.7. The van der Waals surface area contributed by atoms with E-state index in [1.807, 2.05) is 41.7 Å². The van der Waals surface area contributed by atoms with E-state index in [-0.39, 0.29) is 0 Å². The number of nitrogens with zero attached hydrogens (tertiary/aromatic N) is 2. The number of H-pyrrole nitrogens is 2. The summed E-state index contributed by atoms with van der Waals surface area (Å²) in [5, 5.41) is 19.0. The number of nitrogens with one attached hydrogen (secondary N) is 2. The quantitative estimate of drug-likeness (QED) is 0.224. The molecule has 2 atom stereocenters. The topological polar surface area (TPSA) is 76.5 Å².